The van der Waals surface area contributed by atoms with Crippen molar-refractivity contribution in [1.29, 1.82) is 0 Å². The fraction of sp³-hybridized carbons (Fsp3) is 0.360. The van der Waals surface area contributed by atoms with E-state index in [1.54, 1.807) is 24.5 Å². The average Bonchev–Trinajstić information content (AvgIpc) is 3.62. The lowest BCUT2D eigenvalue weighted by Crippen LogP contribution is -2.57. The molecule has 6 nitrogen and oxygen atoms in total. The first kappa shape index (κ1) is 24.2. The summed E-state index contributed by atoms with van der Waals surface area (Å²) >= 11 is 6.22. The standard InChI is InChI=1S/C25H24ClF2N3O3S/c26-22-13-30-12-17-2-1-15(9-20(17)22)10-23(32)21-11-19(21)16-3-5-18(6-4-16)35(33,34)31-24-7-8-29-14-25(24,27)28/h1-6,9,12-13,19,21,24,29,31H,7-8,10-11,14H2/t19-,21+,24?/m0/s1. The van der Waals surface area contributed by atoms with Crippen LogP contribution in [0.3, 0.4) is 0 Å². The fourth-order valence-corrected chi connectivity index (χ4v) is 6.18. The van der Waals surface area contributed by atoms with Gasteiger partial charge in [-0.3, -0.25) is 9.78 Å². The second-order valence-corrected chi connectivity index (χ2v) is 11.4. The number of benzene rings is 2. The summed E-state index contributed by atoms with van der Waals surface area (Å²) in [5, 5.41) is 4.87. The Hall–Kier alpha value is -2.46. The maximum atomic E-state index is 14.0. The van der Waals surface area contributed by atoms with Gasteiger partial charge >= 0.3 is 0 Å². The lowest BCUT2D eigenvalue weighted by atomic mass is 10.0. The summed E-state index contributed by atoms with van der Waals surface area (Å²) < 4.78 is 55.5. The van der Waals surface area contributed by atoms with Crippen molar-refractivity contribution in [1.82, 2.24) is 15.0 Å². The van der Waals surface area contributed by atoms with Gasteiger partial charge < -0.3 is 5.32 Å². The molecule has 1 aromatic heterocycles. The van der Waals surface area contributed by atoms with Crippen LogP contribution in [0.15, 0.2) is 59.8 Å². The highest BCUT2D eigenvalue weighted by Crippen LogP contribution is 2.48. The molecule has 0 amide bonds. The summed E-state index contributed by atoms with van der Waals surface area (Å²) in [6.45, 7) is -0.234. The third kappa shape index (κ3) is 5.09. The fourth-order valence-electron chi connectivity index (χ4n) is 4.67. The van der Waals surface area contributed by atoms with Crippen LogP contribution in [0.4, 0.5) is 8.78 Å². The van der Waals surface area contributed by atoms with Gasteiger partial charge in [-0.15, -0.1) is 0 Å². The zero-order valence-electron chi connectivity index (χ0n) is 18.7. The second-order valence-electron chi connectivity index (χ2n) is 9.24. The SMILES string of the molecule is O=C(Cc1ccc2cncc(Cl)c2c1)[C@@H]1C[C@H]1c1ccc(S(=O)(=O)NC2CCNCC2(F)F)cc1. The van der Waals surface area contributed by atoms with E-state index in [0.29, 0.717) is 18.0 Å². The molecule has 2 N–H and O–H groups in total. The first-order valence-corrected chi connectivity index (χ1v) is 13.3. The average molecular weight is 520 g/mol. The number of hydrogen-bond acceptors (Lipinski definition) is 5. The number of alkyl halides is 2. The number of nitrogens with zero attached hydrogens (tertiary/aromatic N) is 1. The predicted molar refractivity (Wildman–Crippen MR) is 129 cm³/mol. The molecule has 1 unspecified atom stereocenters. The molecule has 3 atom stereocenters. The van der Waals surface area contributed by atoms with Gasteiger partial charge in [-0.25, -0.2) is 21.9 Å². The van der Waals surface area contributed by atoms with E-state index in [1.807, 2.05) is 18.2 Å². The Bertz CT molecular complexity index is 1380. The molecule has 5 rings (SSSR count). The number of fused-ring (bicyclic) bond motifs is 1. The van der Waals surface area contributed by atoms with Gasteiger partial charge in [0.15, 0.2) is 0 Å². The number of sulfonamides is 1. The Morgan fingerprint density at radius 1 is 1.17 bits per heavy atom. The van der Waals surface area contributed by atoms with Crippen LogP contribution in [0, 0.1) is 5.92 Å². The van der Waals surface area contributed by atoms with Crippen molar-refractivity contribution in [3.8, 4) is 0 Å². The van der Waals surface area contributed by atoms with E-state index in [9.17, 15) is 22.0 Å². The second kappa shape index (κ2) is 9.20. The van der Waals surface area contributed by atoms with Crippen molar-refractivity contribution in [3.63, 3.8) is 0 Å². The molecule has 0 radical (unpaired) electrons. The third-order valence-corrected chi connectivity index (χ3v) is 8.54. The number of Topliss-reactive ketones (excluding diaryl/α,β-unsaturated/α-hetero) is 1. The maximum absolute atomic E-state index is 14.0. The Morgan fingerprint density at radius 3 is 2.69 bits per heavy atom. The minimum absolute atomic E-state index is 0.0104. The zero-order chi connectivity index (χ0) is 24.8. The summed E-state index contributed by atoms with van der Waals surface area (Å²) in [6, 6.07) is 10.4. The van der Waals surface area contributed by atoms with E-state index in [0.717, 1.165) is 21.9 Å². The summed E-state index contributed by atoms with van der Waals surface area (Å²) in [4.78, 5) is 16.9. The topological polar surface area (TPSA) is 88.2 Å². The third-order valence-electron chi connectivity index (χ3n) is 6.76. The van der Waals surface area contributed by atoms with Crippen LogP contribution < -0.4 is 10.0 Å². The lowest BCUT2D eigenvalue weighted by Gasteiger charge is -2.32. The molecule has 1 aliphatic heterocycles. The highest BCUT2D eigenvalue weighted by atomic mass is 35.5. The van der Waals surface area contributed by atoms with Crippen LogP contribution >= 0.6 is 11.6 Å². The van der Waals surface area contributed by atoms with E-state index in [4.69, 9.17) is 11.6 Å². The molecule has 2 aliphatic rings. The number of pyridine rings is 1. The van der Waals surface area contributed by atoms with Crippen molar-refractivity contribution < 1.29 is 22.0 Å². The number of aromatic nitrogens is 1. The van der Waals surface area contributed by atoms with E-state index in [1.165, 1.54) is 12.1 Å². The molecule has 1 saturated heterocycles. The van der Waals surface area contributed by atoms with Gasteiger partial charge in [-0.1, -0.05) is 35.9 Å². The minimum Gasteiger partial charge on any atom is -0.311 e. The number of nitrogens with one attached hydrogen (secondary N) is 2. The van der Waals surface area contributed by atoms with Crippen molar-refractivity contribution in [3.05, 3.63) is 71.0 Å². The van der Waals surface area contributed by atoms with Crippen molar-refractivity contribution in [2.24, 2.45) is 5.92 Å². The molecule has 2 heterocycles. The largest absolute Gasteiger partial charge is 0.311 e. The Balaban J connectivity index is 1.23. The number of hydrogen-bond donors (Lipinski definition) is 2. The smallest absolute Gasteiger partial charge is 0.276 e. The summed E-state index contributed by atoms with van der Waals surface area (Å²) in [5.74, 6) is -3.15. The molecular weight excluding hydrogens is 496 g/mol. The molecular formula is C25H24ClF2N3O3S. The molecule has 3 aromatic rings. The van der Waals surface area contributed by atoms with Crippen LogP contribution in [0.2, 0.25) is 5.02 Å². The van der Waals surface area contributed by atoms with E-state index in [2.05, 4.69) is 15.0 Å². The van der Waals surface area contributed by atoms with E-state index in [-0.39, 0.29) is 35.4 Å². The molecule has 1 saturated carbocycles. The van der Waals surface area contributed by atoms with Gasteiger partial charge in [0, 0.05) is 35.5 Å². The summed E-state index contributed by atoms with van der Waals surface area (Å²) in [5.41, 5.74) is 1.74. The minimum atomic E-state index is -4.09. The molecule has 0 spiro atoms. The van der Waals surface area contributed by atoms with Gasteiger partial charge in [0.25, 0.3) is 5.92 Å². The van der Waals surface area contributed by atoms with Gasteiger partial charge in [-0.05, 0) is 54.6 Å². The van der Waals surface area contributed by atoms with E-state index < -0.39 is 28.5 Å². The van der Waals surface area contributed by atoms with Crippen molar-refractivity contribution >= 4 is 38.2 Å². The Labute approximate surface area is 207 Å². The number of rotatable bonds is 7. The quantitative estimate of drug-likeness (QED) is 0.491. The monoisotopic (exact) mass is 519 g/mol. The summed E-state index contributed by atoms with van der Waals surface area (Å²) in [7, 11) is -4.09. The van der Waals surface area contributed by atoms with Gasteiger partial charge in [0.05, 0.1) is 22.5 Å². The molecule has 184 valence electrons. The van der Waals surface area contributed by atoms with Crippen molar-refractivity contribution in [2.45, 2.75) is 42.0 Å². The normalized spacial score (nSPS) is 23.8. The predicted octanol–water partition coefficient (Wildman–Crippen LogP) is 4.08. The van der Waals surface area contributed by atoms with Crippen LogP contribution in [-0.4, -0.2) is 44.2 Å². The molecule has 2 aromatic carbocycles. The Kier molecular flexibility index (Phi) is 6.37. The number of carbonyl (C=O) groups is 1. The number of ketones is 1. The van der Waals surface area contributed by atoms with Gasteiger partial charge in [-0.2, -0.15) is 0 Å². The van der Waals surface area contributed by atoms with Gasteiger partial charge in [0.2, 0.25) is 10.0 Å². The molecule has 35 heavy (non-hydrogen) atoms. The number of halogens is 3. The first-order valence-electron chi connectivity index (χ1n) is 11.4. The van der Waals surface area contributed by atoms with E-state index >= 15 is 0 Å². The molecule has 10 heteroatoms. The van der Waals surface area contributed by atoms with Gasteiger partial charge in [0.1, 0.15) is 5.78 Å². The number of piperidine rings is 1. The first-order chi connectivity index (χ1) is 16.6. The van der Waals surface area contributed by atoms with Crippen LogP contribution in [-0.2, 0) is 21.2 Å². The van der Waals surface area contributed by atoms with Crippen LogP contribution in [0.1, 0.15) is 29.9 Å². The van der Waals surface area contributed by atoms with Crippen LogP contribution in [0.25, 0.3) is 10.8 Å². The molecule has 1 aliphatic carbocycles. The molecule has 0 bridgehead atoms. The highest BCUT2D eigenvalue weighted by molar-refractivity contribution is 7.89. The highest BCUT2D eigenvalue weighted by Gasteiger charge is 2.45. The van der Waals surface area contributed by atoms with Crippen molar-refractivity contribution in [2.75, 3.05) is 13.1 Å². The summed E-state index contributed by atoms with van der Waals surface area (Å²) in [6.07, 6.45) is 4.29. The zero-order valence-corrected chi connectivity index (χ0v) is 20.3. The van der Waals surface area contributed by atoms with Crippen LogP contribution in [0.5, 0.6) is 0 Å². The maximum Gasteiger partial charge on any atom is 0.276 e. The lowest BCUT2D eigenvalue weighted by molar-refractivity contribution is -0.119. The Morgan fingerprint density at radius 2 is 1.94 bits per heavy atom. The number of carbonyl (C=O) groups excluding carboxylic acids is 1. The molecule has 2 fully saturated rings.